The van der Waals surface area contributed by atoms with Crippen LogP contribution in [0.5, 0.6) is 5.75 Å². The molecular formula is C9H7Cl2NO2. The molecule has 1 N–H and O–H groups in total. The van der Waals surface area contributed by atoms with Gasteiger partial charge in [0.1, 0.15) is 11.4 Å². The highest BCUT2D eigenvalue weighted by Crippen LogP contribution is 2.38. The quantitative estimate of drug-likeness (QED) is 0.746. The van der Waals surface area contributed by atoms with Crippen LogP contribution in [0.4, 0.5) is 5.69 Å². The zero-order valence-electron chi connectivity index (χ0n) is 7.30. The van der Waals surface area contributed by atoms with E-state index in [2.05, 4.69) is 5.32 Å². The van der Waals surface area contributed by atoms with Crippen molar-refractivity contribution in [3.05, 3.63) is 22.2 Å². The van der Waals surface area contributed by atoms with Gasteiger partial charge in [-0.25, -0.2) is 0 Å². The summed E-state index contributed by atoms with van der Waals surface area (Å²) in [5.74, 6) is 0.302. The smallest absolute Gasteiger partial charge is 0.265 e. The van der Waals surface area contributed by atoms with E-state index in [0.29, 0.717) is 21.5 Å². The van der Waals surface area contributed by atoms with Gasteiger partial charge in [-0.15, -0.1) is 0 Å². The van der Waals surface area contributed by atoms with Crippen molar-refractivity contribution in [2.45, 2.75) is 13.0 Å². The van der Waals surface area contributed by atoms with E-state index in [9.17, 15) is 4.79 Å². The Hall–Kier alpha value is -0.930. The lowest BCUT2D eigenvalue weighted by Gasteiger charge is -2.24. The maximum absolute atomic E-state index is 11.3. The molecule has 3 nitrogen and oxygen atoms in total. The summed E-state index contributed by atoms with van der Waals surface area (Å²) in [5.41, 5.74) is 0.485. The van der Waals surface area contributed by atoms with E-state index >= 15 is 0 Å². The normalized spacial score (nSPS) is 19.6. The van der Waals surface area contributed by atoms with E-state index in [-0.39, 0.29) is 5.91 Å². The van der Waals surface area contributed by atoms with Gasteiger partial charge in [-0.2, -0.15) is 0 Å². The first-order valence-electron chi connectivity index (χ1n) is 4.04. The van der Waals surface area contributed by atoms with Crippen molar-refractivity contribution in [2.75, 3.05) is 5.32 Å². The zero-order chi connectivity index (χ0) is 10.3. The van der Waals surface area contributed by atoms with Crippen LogP contribution < -0.4 is 10.1 Å². The molecule has 0 aromatic heterocycles. The number of amides is 1. The Balaban J connectivity index is 2.51. The van der Waals surface area contributed by atoms with Gasteiger partial charge in [0.2, 0.25) is 0 Å². The first kappa shape index (κ1) is 9.62. The molecule has 0 saturated heterocycles. The lowest BCUT2D eigenvalue weighted by Crippen LogP contribution is -2.34. The van der Waals surface area contributed by atoms with Gasteiger partial charge >= 0.3 is 0 Å². The van der Waals surface area contributed by atoms with Crippen LogP contribution in [0, 0.1) is 0 Å². The van der Waals surface area contributed by atoms with Crippen molar-refractivity contribution in [1.29, 1.82) is 0 Å². The minimum absolute atomic E-state index is 0.207. The van der Waals surface area contributed by atoms with Crippen molar-refractivity contribution >= 4 is 34.8 Å². The maximum Gasteiger partial charge on any atom is 0.265 e. The molecule has 0 saturated carbocycles. The highest BCUT2D eigenvalue weighted by Gasteiger charge is 2.25. The number of halogens is 2. The third kappa shape index (κ3) is 1.53. The molecule has 1 amide bonds. The van der Waals surface area contributed by atoms with Gasteiger partial charge < -0.3 is 10.1 Å². The van der Waals surface area contributed by atoms with Crippen LogP contribution in [0.1, 0.15) is 6.92 Å². The summed E-state index contributed by atoms with van der Waals surface area (Å²) in [7, 11) is 0. The average molecular weight is 232 g/mol. The third-order valence-corrected chi connectivity index (χ3v) is 2.46. The second-order valence-electron chi connectivity index (χ2n) is 3.01. The summed E-state index contributed by atoms with van der Waals surface area (Å²) < 4.78 is 5.32. The summed E-state index contributed by atoms with van der Waals surface area (Å²) in [6.45, 7) is 1.66. The predicted octanol–water partition coefficient (Wildman–Crippen LogP) is 2.71. The van der Waals surface area contributed by atoms with Crippen LogP contribution in [-0.4, -0.2) is 12.0 Å². The number of nitrogens with one attached hydrogen (secondary N) is 1. The average Bonchev–Trinajstić information content (AvgIpc) is 2.08. The standard InChI is InChI=1S/C9H7Cl2NO2/c1-4-9(13)12-8-6(11)2-5(10)3-7(8)14-4/h2-4H,1H3,(H,12,13). The van der Waals surface area contributed by atoms with Gasteiger partial charge in [0.05, 0.1) is 5.02 Å². The van der Waals surface area contributed by atoms with Gasteiger partial charge in [-0.3, -0.25) is 4.79 Å². The Morgan fingerprint density at radius 1 is 1.43 bits per heavy atom. The fraction of sp³-hybridized carbons (Fsp3) is 0.222. The van der Waals surface area contributed by atoms with Crippen molar-refractivity contribution in [3.63, 3.8) is 0 Å². The van der Waals surface area contributed by atoms with E-state index < -0.39 is 6.10 Å². The zero-order valence-corrected chi connectivity index (χ0v) is 8.82. The molecule has 5 heteroatoms. The molecule has 1 aliphatic heterocycles. The highest BCUT2D eigenvalue weighted by atomic mass is 35.5. The molecule has 74 valence electrons. The third-order valence-electron chi connectivity index (χ3n) is 1.94. The predicted molar refractivity (Wildman–Crippen MR) is 55.2 cm³/mol. The molecule has 1 atom stereocenters. The summed E-state index contributed by atoms with van der Waals surface area (Å²) in [5, 5.41) is 3.52. The van der Waals surface area contributed by atoms with E-state index in [1.54, 1.807) is 19.1 Å². The molecule has 0 fully saturated rings. The fourth-order valence-corrected chi connectivity index (χ4v) is 1.76. The molecule has 1 unspecified atom stereocenters. The SMILES string of the molecule is CC1Oc2cc(Cl)cc(Cl)c2NC1=O. The van der Waals surface area contributed by atoms with Crippen LogP contribution >= 0.6 is 23.2 Å². The number of carbonyl (C=O) groups excluding carboxylic acids is 1. The number of hydrogen-bond acceptors (Lipinski definition) is 2. The summed E-state index contributed by atoms with van der Waals surface area (Å²) in [4.78, 5) is 11.3. The number of ether oxygens (including phenoxy) is 1. The fourth-order valence-electron chi connectivity index (χ4n) is 1.23. The van der Waals surface area contributed by atoms with Gasteiger partial charge in [-0.05, 0) is 13.0 Å². The number of benzene rings is 1. The Kier molecular flexibility index (Phi) is 2.29. The monoisotopic (exact) mass is 231 g/mol. The van der Waals surface area contributed by atoms with Gasteiger partial charge in [-0.1, -0.05) is 23.2 Å². The number of carbonyl (C=O) groups is 1. The second-order valence-corrected chi connectivity index (χ2v) is 3.85. The molecule has 1 heterocycles. The minimum atomic E-state index is -0.517. The number of anilines is 1. The molecule has 1 aromatic rings. The molecule has 0 radical (unpaired) electrons. The first-order chi connectivity index (χ1) is 6.58. The molecule has 0 aliphatic carbocycles. The first-order valence-corrected chi connectivity index (χ1v) is 4.80. The Morgan fingerprint density at radius 3 is 2.86 bits per heavy atom. The molecule has 14 heavy (non-hydrogen) atoms. The topological polar surface area (TPSA) is 38.3 Å². The molecule has 0 bridgehead atoms. The van der Waals surface area contributed by atoms with Gasteiger partial charge in [0.25, 0.3) is 5.91 Å². The van der Waals surface area contributed by atoms with E-state index in [0.717, 1.165) is 0 Å². The minimum Gasteiger partial charge on any atom is -0.479 e. The number of fused-ring (bicyclic) bond motifs is 1. The largest absolute Gasteiger partial charge is 0.479 e. The second kappa shape index (κ2) is 3.33. The van der Waals surface area contributed by atoms with Crippen molar-refractivity contribution in [2.24, 2.45) is 0 Å². The van der Waals surface area contributed by atoms with Crippen LogP contribution in [-0.2, 0) is 4.79 Å². The van der Waals surface area contributed by atoms with Gasteiger partial charge in [0.15, 0.2) is 6.10 Å². The summed E-state index contributed by atoms with van der Waals surface area (Å²) in [6, 6.07) is 3.18. The van der Waals surface area contributed by atoms with Gasteiger partial charge in [0, 0.05) is 11.1 Å². The molecule has 2 rings (SSSR count). The van der Waals surface area contributed by atoms with E-state index in [1.807, 2.05) is 0 Å². The lowest BCUT2D eigenvalue weighted by molar-refractivity contribution is -0.122. The Morgan fingerprint density at radius 2 is 2.14 bits per heavy atom. The van der Waals surface area contributed by atoms with E-state index in [4.69, 9.17) is 27.9 Å². The molecular weight excluding hydrogens is 225 g/mol. The molecule has 1 aliphatic rings. The van der Waals surface area contributed by atoms with Crippen LogP contribution in [0.2, 0.25) is 10.0 Å². The molecule has 1 aromatic carbocycles. The van der Waals surface area contributed by atoms with Crippen LogP contribution in [0.15, 0.2) is 12.1 Å². The Bertz CT molecular complexity index is 406. The van der Waals surface area contributed by atoms with Crippen LogP contribution in [0.25, 0.3) is 0 Å². The number of hydrogen-bond donors (Lipinski definition) is 1. The maximum atomic E-state index is 11.3. The Labute approximate surface area is 91.0 Å². The van der Waals surface area contributed by atoms with E-state index in [1.165, 1.54) is 0 Å². The van der Waals surface area contributed by atoms with Crippen molar-refractivity contribution in [3.8, 4) is 5.75 Å². The van der Waals surface area contributed by atoms with Crippen molar-refractivity contribution in [1.82, 2.24) is 0 Å². The highest BCUT2D eigenvalue weighted by molar-refractivity contribution is 6.37. The summed E-state index contributed by atoms with van der Waals surface area (Å²) in [6.07, 6.45) is -0.517. The number of rotatable bonds is 0. The van der Waals surface area contributed by atoms with Crippen LogP contribution in [0.3, 0.4) is 0 Å². The van der Waals surface area contributed by atoms with Crippen molar-refractivity contribution < 1.29 is 9.53 Å². The summed E-state index contributed by atoms with van der Waals surface area (Å²) >= 11 is 11.7. The molecule has 0 spiro atoms. The lowest BCUT2D eigenvalue weighted by atomic mass is 10.2.